The van der Waals surface area contributed by atoms with Crippen molar-refractivity contribution in [1.29, 1.82) is 0 Å². The molecule has 106 valence electrons. The number of hydrogen-bond donors (Lipinski definition) is 1. The van der Waals surface area contributed by atoms with Crippen molar-refractivity contribution >= 4 is 0 Å². The topological polar surface area (TPSA) is 66.0 Å². The van der Waals surface area contributed by atoms with Gasteiger partial charge in [0.05, 0.1) is 6.61 Å². The van der Waals surface area contributed by atoms with Crippen LogP contribution >= 0.6 is 0 Å². The Labute approximate surface area is 118 Å². The van der Waals surface area contributed by atoms with E-state index in [9.17, 15) is 0 Å². The number of nitrogens with two attached hydrogens (primary N) is 1. The molecule has 1 unspecified atom stereocenters. The molecule has 5 heteroatoms. The lowest BCUT2D eigenvalue weighted by molar-refractivity contribution is 0.317. The summed E-state index contributed by atoms with van der Waals surface area (Å²) < 4.78 is 7.81. The molecular weight excluding hydrogens is 252 g/mol. The molecule has 0 fully saturated rings. The number of ether oxygens (including phenoxy) is 1. The normalized spacial score (nSPS) is 17.8. The third-order valence-electron chi connectivity index (χ3n) is 3.55. The van der Waals surface area contributed by atoms with Gasteiger partial charge in [-0.15, -0.1) is 10.2 Å². The van der Waals surface area contributed by atoms with Crippen LogP contribution in [0.1, 0.15) is 25.6 Å². The van der Waals surface area contributed by atoms with Crippen molar-refractivity contribution in [3.8, 4) is 17.1 Å². The second-order valence-electron chi connectivity index (χ2n) is 5.23. The third kappa shape index (κ3) is 2.54. The number of nitrogens with zero attached hydrogens (tertiary/aromatic N) is 3. The quantitative estimate of drug-likeness (QED) is 0.924. The van der Waals surface area contributed by atoms with E-state index < -0.39 is 0 Å². The maximum atomic E-state index is 6.05. The summed E-state index contributed by atoms with van der Waals surface area (Å²) in [6, 6.07) is 8.21. The first-order valence-electron chi connectivity index (χ1n) is 7.19. The van der Waals surface area contributed by atoms with Crippen molar-refractivity contribution in [2.24, 2.45) is 5.73 Å². The summed E-state index contributed by atoms with van der Waals surface area (Å²) in [6.45, 7) is 3.62. The average Bonchev–Trinajstić information content (AvgIpc) is 2.88. The molecule has 1 aromatic carbocycles. The highest BCUT2D eigenvalue weighted by molar-refractivity contribution is 5.58. The molecule has 1 aromatic heterocycles. The smallest absolute Gasteiger partial charge is 0.164 e. The Morgan fingerprint density at radius 3 is 3.15 bits per heavy atom. The molecule has 0 spiro atoms. The SMILES string of the molecule is CCCOc1cccc(-c2nnc3n2CC(N)CC3)c1. The molecule has 0 bridgehead atoms. The van der Waals surface area contributed by atoms with Gasteiger partial charge in [0, 0.05) is 24.6 Å². The van der Waals surface area contributed by atoms with Crippen molar-refractivity contribution in [2.45, 2.75) is 38.8 Å². The zero-order valence-electron chi connectivity index (χ0n) is 11.7. The van der Waals surface area contributed by atoms with E-state index in [1.807, 2.05) is 24.3 Å². The maximum Gasteiger partial charge on any atom is 0.164 e. The Kier molecular flexibility index (Phi) is 3.69. The summed E-state index contributed by atoms with van der Waals surface area (Å²) >= 11 is 0. The van der Waals surface area contributed by atoms with Crippen LogP contribution in [0.4, 0.5) is 0 Å². The van der Waals surface area contributed by atoms with E-state index >= 15 is 0 Å². The van der Waals surface area contributed by atoms with E-state index in [1.54, 1.807) is 0 Å². The predicted octanol–water partition coefficient (Wildman–Crippen LogP) is 2.01. The van der Waals surface area contributed by atoms with E-state index in [0.29, 0.717) is 0 Å². The second kappa shape index (κ2) is 5.63. The molecule has 20 heavy (non-hydrogen) atoms. The lowest BCUT2D eigenvalue weighted by atomic mass is 10.1. The van der Waals surface area contributed by atoms with Crippen molar-refractivity contribution < 1.29 is 4.74 Å². The molecule has 3 rings (SSSR count). The van der Waals surface area contributed by atoms with Crippen LogP contribution in [0.2, 0.25) is 0 Å². The van der Waals surface area contributed by atoms with Gasteiger partial charge in [0.1, 0.15) is 11.6 Å². The van der Waals surface area contributed by atoms with Crippen LogP contribution in [0.5, 0.6) is 5.75 Å². The van der Waals surface area contributed by atoms with E-state index in [2.05, 4.69) is 21.7 Å². The monoisotopic (exact) mass is 272 g/mol. The number of fused-ring (bicyclic) bond motifs is 1. The van der Waals surface area contributed by atoms with Crippen LogP contribution in [-0.2, 0) is 13.0 Å². The number of rotatable bonds is 4. The summed E-state index contributed by atoms with van der Waals surface area (Å²) in [7, 11) is 0. The van der Waals surface area contributed by atoms with E-state index in [0.717, 1.165) is 55.4 Å². The zero-order valence-corrected chi connectivity index (χ0v) is 11.7. The Morgan fingerprint density at radius 1 is 1.40 bits per heavy atom. The van der Waals surface area contributed by atoms with Gasteiger partial charge in [-0.25, -0.2) is 0 Å². The minimum absolute atomic E-state index is 0.191. The molecule has 1 aliphatic rings. The first kappa shape index (κ1) is 13.1. The molecule has 0 saturated heterocycles. The molecule has 2 N–H and O–H groups in total. The summed E-state index contributed by atoms with van der Waals surface area (Å²) in [4.78, 5) is 0. The lowest BCUT2D eigenvalue weighted by Gasteiger charge is -2.20. The molecule has 0 saturated carbocycles. The van der Waals surface area contributed by atoms with Gasteiger partial charge >= 0.3 is 0 Å². The zero-order chi connectivity index (χ0) is 13.9. The van der Waals surface area contributed by atoms with Gasteiger partial charge < -0.3 is 15.0 Å². The number of aromatic nitrogens is 3. The van der Waals surface area contributed by atoms with Crippen molar-refractivity contribution in [3.63, 3.8) is 0 Å². The van der Waals surface area contributed by atoms with Crippen LogP contribution in [-0.4, -0.2) is 27.4 Å². The Hall–Kier alpha value is -1.88. The van der Waals surface area contributed by atoms with Gasteiger partial charge in [-0.3, -0.25) is 0 Å². The Balaban J connectivity index is 1.91. The highest BCUT2D eigenvalue weighted by atomic mass is 16.5. The minimum atomic E-state index is 0.191. The van der Waals surface area contributed by atoms with Crippen molar-refractivity contribution in [3.05, 3.63) is 30.1 Å². The first-order valence-corrected chi connectivity index (χ1v) is 7.19. The average molecular weight is 272 g/mol. The number of hydrogen-bond acceptors (Lipinski definition) is 4. The number of aryl methyl sites for hydroxylation is 1. The summed E-state index contributed by atoms with van der Waals surface area (Å²) in [5.41, 5.74) is 7.08. The maximum absolute atomic E-state index is 6.05. The summed E-state index contributed by atoms with van der Waals surface area (Å²) in [5, 5.41) is 8.60. The first-order chi connectivity index (χ1) is 9.78. The predicted molar refractivity (Wildman–Crippen MR) is 77.5 cm³/mol. The van der Waals surface area contributed by atoms with Gasteiger partial charge in [0.15, 0.2) is 5.82 Å². The molecule has 0 aliphatic carbocycles. The van der Waals surface area contributed by atoms with Crippen LogP contribution in [0.3, 0.4) is 0 Å². The molecule has 5 nitrogen and oxygen atoms in total. The van der Waals surface area contributed by atoms with Crippen LogP contribution < -0.4 is 10.5 Å². The van der Waals surface area contributed by atoms with Crippen molar-refractivity contribution in [1.82, 2.24) is 14.8 Å². The van der Waals surface area contributed by atoms with Gasteiger partial charge in [-0.2, -0.15) is 0 Å². The lowest BCUT2D eigenvalue weighted by Crippen LogP contribution is -2.32. The third-order valence-corrected chi connectivity index (χ3v) is 3.55. The van der Waals surface area contributed by atoms with E-state index in [4.69, 9.17) is 10.5 Å². The van der Waals surface area contributed by atoms with E-state index in [1.165, 1.54) is 0 Å². The molecule has 2 heterocycles. The van der Waals surface area contributed by atoms with Crippen molar-refractivity contribution in [2.75, 3.05) is 6.61 Å². The Morgan fingerprint density at radius 2 is 2.30 bits per heavy atom. The van der Waals surface area contributed by atoms with E-state index in [-0.39, 0.29) is 6.04 Å². The summed E-state index contributed by atoms with van der Waals surface area (Å²) in [5.74, 6) is 2.79. The van der Waals surface area contributed by atoms with Gasteiger partial charge in [-0.1, -0.05) is 19.1 Å². The molecule has 1 aliphatic heterocycles. The van der Waals surface area contributed by atoms with Crippen LogP contribution in [0.25, 0.3) is 11.4 Å². The summed E-state index contributed by atoms with van der Waals surface area (Å²) in [6.07, 6.45) is 2.89. The second-order valence-corrected chi connectivity index (χ2v) is 5.23. The Bertz CT molecular complexity index is 593. The van der Waals surface area contributed by atoms with Crippen LogP contribution in [0.15, 0.2) is 24.3 Å². The van der Waals surface area contributed by atoms with Gasteiger partial charge in [-0.05, 0) is 25.0 Å². The minimum Gasteiger partial charge on any atom is -0.494 e. The standard InChI is InChI=1S/C15H20N4O/c1-2-8-20-13-5-3-4-11(9-13)15-18-17-14-7-6-12(16)10-19(14)15/h3-5,9,12H,2,6-8,10,16H2,1H3. The largest absolute Gasteiger partial charge is 0.494 e. The molecule has 1 atom stereocenters. The molecule has 2 aromatic rings. The fourth-order valence-corrected chi connectivity index (χ4v) is 2.51. The van der Waals surface area contributed by atoms with Gasteiger partial charge in [0.25, 0.3) is 0 Å². The van der Waals surface area contributed by atoms with Gasteiger partial charge in [0.2, 0.25) is 0 Å². The fraction of sp³-hybridized carbons (Fsp3) is 0.467. The molecule has 0 radical (unpaired) electrons. The highest BCUT2D eigenvalue weighted by Gasteiger charge is 2.21. The van der Waals surface area contributed by atoms with Crippen LogP contribution in [0, 0.1) is 0 Å². The number of benzene rings is 1. The highest BCUT2D eigenvalue weighted by Crippen LogP contribution is 2.25. The fourth-order valence-electron chi connectivity index (χ4n) is 2.51. The molecular formula is C15H20N4O. The molecule has 0 amide bonds.